The first-order valence-electron chi connectivity index (χ1n) is 7.57. The van der Waals surface area contributed by atoms with Gasteiger partial charge in [-0.15, -0.1) is 0 Å². The summed E-state index contributed by atoms with van der Waals surface area (Å²) in [5, 5.41) is 3.43. The van der Waals surface area contributed by atoms with Gasteiger partial charge >= 0.3 is 0 Å². The number of nitrogens with two attached hydrogens (primary N) is 1. The summed E-state index contributed by atoms with van der Waals surface area (Å²) < 4.78 is 0. The minimum atomic E-state index is -0.00903. The molecule has 1 aliphatic rings. The second-order valence-electron chi connectivity index (χ2n) is 6.05. The number of likely N-dealkylation sites (tertiary alicyclic amines) is 1. The molecule has 3 N–H and O–H groups in total. The first kappa shape index (κ1) is 15.6. The number of carbonyl (C=O) groups excluding carboxylic acids is 1. The summed E-state index contributed by atoms with van der Waals surface area (Å²) >= 11 is 0. The molecule has 0 aromatic heterocycles. The molecule has 1 aromatic carbocycles. The molecule has 1 amide bonds. The van der Waals surface area contributed by atoms with Gasteiger partial charge < -0.3 is 20.9 Å². The molecular formula is C16H26N4O. The molecule has 0 saturated carbocycles. The second kappa shape index (κ2) is 6.80. The number of hydrogen-bond donors (Lipinski definition) is 2. The predicted molar refractivity (Wildman–Crippen MR) is 87.6 cm³/mol. The Morgan fingerprint density at radius 3 is 2.67 bits per heavy atom. The third-order valence-electron chi connectivity index (χ3n) is 3.84. The van der Waals surface area contributed by atoms with E-state index in [1.165, 1.54) is 25.9 Å². The number of carbonyl (C=O) groups is 1. The number of hydrogen-bond acceptors (Lipinski definition) is 4. The molecule has 5 nitrogen and oxygen atoms in total. The van der Waals surface area contributed by atoms with E-state index in [2.05, 4.69) is 17.1 Å². The Hall–Kier alpha value is -1.75. The summed E-state index contributed by atoms with van der Waals surface area (Å²) in [5.74, 6) is -0.00903. The van der Waals surface area contributed by atoms with E-state index >= 15 is 0 Å². The normalized spacial score (nSPS) is 16.7. The SMILES string of the molecule is CC(CN1CCCC1)Nc1cc(C(=O)N(C)C)ccc1N. The fraction of sp³-hybridized carbons (Fsp3) is 0.562. The van der Waals surface area contributed by atoms with Gasteiger partial charge in [0.15, 0.2) is 0 Å². The molecule has 0 bridgehead atoms. The Labute approximate surface area is 127 Å². The highest BCUT2D eigenvalue weighted by Crippen LogP contribution is 2.22. The van der Waals surface area contributed by atoms with Crippen LogP contribution in [0.1, 0.15) is 30.1 Å². The van der Waals surface area contributed by atoms with Gasteiger partial charge in [0.25, 0.3) is 5.91 Å². The summed E-state index contributed by atoms with van der Waals surface area (Å²) in [6.07, 6.45) is 2.59. The van der Waals surface area contributed by atoms with Crippen LogP contribution < -0.4 is 11.1 Å². The van der Waals surface area contributed by atoms with Gasteiger partial charge in [0.05, 0.1) is 11.4 Å². The molecule has 1 saturated heterocycles. The zero-order valence-corrected chi connectivity index (χ0v) is 13.2. The van der Waals surface area contributed by atoms with Crippen molar-refractivity contribution in [3.05, 3.63) is 23.8 Å². The van der Waals surface area contributed by atoms with Crippen LogP contribution in [-0.2, 0) is 0 Å². The Morgan fingerprint density at radius 2 is 2.05 bits per heavy atom. The topological polar surface area (TPSA) is 61.6 Å². The first-order chi connectivity index (χ1) is 9.97. The fourth-order valence-electron chi connectivity index (χ4n) is 2.74. The third kappa shape index (κ3) is 4.11. The number of nitrogens with one attached hydrogen (secondary N) is 1. The average molecular weight is 290 g/mol. The Bertz CT molecular complexity index is 495. The molecule has 1 aliphatic heterocycles. The highest BCUT2D eigenvalue weighted by molar-refractivity contribution is 5.95. The largest absolute Gasteiger partial charge is 0.397 e. The number of amides is 1. The minimum Gasteiger partial charge on any atom is -0.397 e. The summed E-state index contributed by atoms with van der Waals surface area (Å²) in [6.45, 7) is 5.52. The monoisotopic (exact) mass is 290 g/mol. The lowest BCUT2D eigenvalue weighted by molar-refractivity contribution is 0.0827. The molecule has 5 heteroatoms. The van der Waals surface area contributed by atoms with Crippen LogP contribution in [0.5, 0.6) is 0 Å². The molecule has 21 heavy (non-hydrogen) atoms. The molecule has 0 aliphatic carbocycles. The molecule has 1 fully saturated rings. The van der Waals surface area contributed by atoms with Crippen molar-refractivity contribution >= 4 is 17.3 Å². The number of anilines is 2. The van der Waals surface area contributed by atoms with Gasteiger partial charge in [-0.05, 0) is 51.1 Å². The van der Waals surface area contributed by atoms with Crippen molar-refractivity contribution < 1.29 is 4.79 Å². The van der Waals surface area contributed by atoms with Crippen molar-refractivity contribution in [3.63, 3.8) is 0 Å². The third-order valence-corrected chi connectivity index (χ3v) is 3.84. The van der Waals surface area contributed by atoms with Crippen molar-refractivity contribution in [3.8, 4) is 0 Å². The second-order valence-corrected chi connectivity index (χ2v) is 6.05. The molecule has 2 rings (SSSR count). The zero-order valence-electron chi connectivity index (χ0n) is 13.2. The van der Waals surface area contributed by atoms with Crippen LogP contribution in [0.2, 0.25) is 0 Å². The van der Waals surface area contributed by atoms with E-state index in [0.717, 1.165) is 12.2 Å². The average Bonchev–Trinajstić information content (AvgIpc) is 2.93. The lowest BCUT2D eigenvalue weighted by Gasteiger charge is -2.23. The minimum absolute atomic E-state index is 0.00903. The van der Waals surface area contributed by atoms with E-state index in [4.69, 9.17) is 5.73 Å². The van der Waals surface area contributed by atoms with Crippen LogP contribution in [0.3, 0.4) is 0 Å². The van der Waals surface area contributed by atoms with E-state index in [1.54, 1.807) is 31.1 Å². The summed E-state index contributed by atoms with van der Waals surface area (Å²) in [5.41, 5.74) is 8.20. The van der Waals surface area contributed by atoms with Gasteiger partial charge in [-0.2, -0.15) is 0 Å². The first-order valence-corrected chi connectivity index (χ1v) is 7.57. The van der Waals surface area contributed by atoms with Crippen LogP contribution in [0.25, 0.3) is 0 Å². The van der Waals surface area contributed by atoms with Gasteiger partial charge in [-0.3, -0.25) is 4.79 Å². The van der Waals surface area contributed by atoms with E-state index in [-0.39, 0.29) is 5.91 Å². The summed E-state index contributed by atoms with van der Waals surface area (Å²) in [7, 11) is 3.50. The fourth-order valence-corrected chi connectivity index (χ4v) is 2.74. The smallest absolute Gasteiger partial charge is 0.253 e. The van der Waals surface area contributed by atoms with Crippen molar-refractivity contribution in [2.75, 3.05) is 44.8 Å². The van der Waals surface area contributed by atoms with Crippen LogP contribution in [-0.4, -0.2) is 55.5 Å². The summed E-state index contributed by atoms with van der Waals surface area (Å²) in [6, 6.07) is 5.71. The molecular weight excluding hydrogens is 264 g/mol. The number of nitrogens with zero attached hydrogens (tertiary/aromatic N) is 2. The lowest BCUT2D eigenvalue weighted by Crippen LogP contribution is -2.33. The molecule has 1 aromatic rings. The lowest BCUT2D eigenvalue weighted by atomic mass is 10.1. The van der Waals surface area contributed by atoms with E-state index in [9.17, 15) is 4.79 Å². The van der Waals surface area contributed by atoms with E-state index in [0.29, 0.717) is 17.3 Å². The highest BCUT2D eigenvalue weighted by atomic mass is 16.2. The number of nitrogen functional groups attached to an aromatic ring is 1. The molecule has 116 valence electrons. The van der Waals surface area contributed by atoms with Crippen molar-refractivity contribution in [1.82, 2.24) is 9.80 Å². The van der Waals surface area contributed by atoms with E-state index in [1.807, 2.05) is 6.07 Å². The van der Waals surface area contributed by atoms with Gasteiger partial charge in [-0.1, -0.05) is 0 Å². The number of rotatable bonds is 5. The van der Waals surface area contributed by atoms with Crippen molar-refractivity contribution in [2.45, 2.75) is 25.8 Å². The van der Waals surface area contributed by atoms with Crippen LogP contribution in [0, 0.1) is 0 Å². The van der Waals surface area contributed by atoms with Gasteiger partial charge in [0, 0.05) is 32.2 Å². The van der Waals surface area contributed by atoms with Crippen molar-refractivity contribution in [1.29, 1.82) is 0 Å². The molecule has 0 spiro atoms. The maximum Gasteiger partial charge on any atom is 0.253 e. The van der Waals surface area contributed by atoms with Crippen LogP contribution in [0.15, 0.2) is 18.2 Å². The summed E-state index contributed by atoms with van der Waals surface area (Å²) in [4.78, 5) is 16.1. The maximum absolute atomic E-state index is 12.0. The molecule has 1 heterocycles. The van der Waals surface area contributed by atoms with E-state index < -0.39 is 0 Å². The Kier molecular flexibility index (Phi) is 5.07. The Balaban J connectivity index is 2.04. The van der Waals surface area contributed by atoms with Gasteiger partial charge in [0.1, 0.15) is 0 Å². The molecule has 1 unspecified atom stereocenters. The van der Waals surface area contributed by atoms with Crippen molar-refractivity contribution in [2.24, 2.45) is 0 Å². The van der Waals surface area contributed by atoms with Crippen LogP contribution >= 0.6 is 0 Å². The quantitative estimate of drug-likeness (QED) is 0.813. The zero-order chi connectivity index (χ0) is 15.4. The van der Waals surface area contributed by atoms with Gasteiger partial charge in [0.2, 0.25) is 0 Å². The van der Waals surface area contributed by atoms with Crippen LogP contribution in [0.4, 0.5) is 11.4 Å². The highest BCUT2D eigenvalue weighted by Gasteiger charge is 2.16. The molecule has 1 atom stereocenters. The standard InChI is InChI=1S/C16H26N4O/c1-12(11-20-8-4-5-9-20)18-15-10-13(6-7-14(15)17)16(21)19(2)3/h6-7,10,12,18H,4-5,8-9,11,17H2,1-3H3. The number of benzene rings is 1. The molecule has 0 radical (unpaired) electrons. The maximum atomic E-state index is 12.0. The van der Waals surface area contributed by atoms with Gasteiger partial charge in [-0.25, -0.2) is 0 Å². The predicted octanol–water partition coefficient (Wildman–Crippen LogP) is 1.87. The Morgan fingerprint density at radius 1 is 1.38 bits per heavy atom.